The normalized spacial score (nSPS) is 11.3. The number of unbranched alkanes of at least 4 members (excludes halogenated alkanes) is 1. The summed E-state index contributed by atoms with van der Waals surface area (Å²) < 4.78 is 44.8. The number of pyridine rings is 1. The van der Waals surface area contributed by atoms with E-state index in [1.54, 1.807) is 30.8 Å². The van der Waals surface area contributed by atoms with Gasteiger partial charge in [-0.2, -0.15) is 0 Å². The number of imidazole rings is 1. The summed E-state index contributed by atoms with van der Waals surface area (Å²) in [6.45, 7) is -0.0737. The van der Waals surface area contributed by atoms with Crippen molar-refractivity contribution < 1.29 is 22.8 Å². The molecule has 0 bridgehead atoms. The van der Waals surface area contributed by atoms with Gasteiger partial charge in [-0.15, -0.1) is 0 Å². The number of halogens is 3. The number of nitrogens with zero attached hydrogens (tertiary/aromatic N) is 4. The van der Waals surface area contributed by atoms with E-state index in [0.717, 1.165) is 12.1 Å². The molecule has 0 saturated carbocycles. The third kappa shape index (κ3) is 6.85. The largest absolute Gasteiger partial charge is 0.345 e. The van der Waals surface area contributed by atoms with Crippen molar-refractivity contribution in [3.63, 3.8) is 0 Å². The summed E-state index contributed by atoms with van der Waals surface area (Å²) in [5.41, 5.74) is 0.616. The topological polar surface area (TPSA) is 89.2 Å². The molecule has 208 valence electrons. The third-order valence-electron chi connectivity index (χ3n) is 6.21. The maximum atomic E-state index is 14.5. The van der Waals surface area contributed by atoms with Gasteiger partial charge in [-0.1, -0.05) is 12.1 Å². The summed E-state index contributed by atoms with van der Waals surface area (Å²) >= 11 is 0. The van der Waals surface area contributed by atoms with Gasteiger partial charge < -0.3 is 19.4 Å². The Bertz CT molecular complexity index is 1640. The van der Waals surface area contributed by atoms with Crippen LogP contribution in [0.2, 0.25) is 0 Å². The van der Waals surface area contributed by atoms with E-state index < -0.39 is 23.0 Å². The first kappa shape index (κ1) is 28.3. The fraction of sp³-hybridized carbons (Fsp3) is 0.241. The van der Waals surface area contributed by atoms with Gasteiger partial charge in [-0.25, -0.2) is 18.2 Å². The number of benzene rings is 2. The molecular formula is C29H28F3N5O3. The van der Waals surface area contributed by atoms with Crippen LogP contribution in [0.25, 0.3) is 11.0 Å². The Labute approximate surface area is 228 Å². The molecule has 8 nitrogen and oxygen atoms in total. The number of fused-ring (bicyclic) bond motifs is 1. The van der Waals surface area contributed by atoms with E-state index >= 15 is 0 Å². The number of carbonyl (C=O) groups is 2. The maximum Gasteiger partial charge on any atom is 0.274 e. The second kappa shape index (κ2) is 12.5. The van der Waals surface area contributed by atoms with Gasteiger partial charge in [0.25, 0.3) is 5.56 Å². The molecule has 0 fully saturated rings. The number of hydrogen-bond donors (Lipinski definition) is 1. The number of allylic oxidation sites excluding steroid dienone is 1. The zero-order chi connectivity index (χ0) is 28.8. The number of carbonyl (C=O) groups excluding carboxylic acids is 2. The van der Waals surface area contributed by atoms with Gasteiger partial charge in [0.15, 0.2) is 0 Å². The Balaban J connectivity index is 1.52. The molecule has 0 aliphatic heterocycles. The summed E-state index contributed by atoms with van der Waals surface area (Å²) in [6.07, 6.45) is 5.83. The number of nitrogens with one attached hydrogen (secondary N) is 1. The number of anilines is 1. The highest BCUT2D eigenvalue weighted by Gasteiger charge is 2.16. The predicted molar refractivity (Wildman–Crippen MR) is 145 cm³/mol. The minimum Gasteiger partial charge on any atom is -0.345 e. The smallest absolute Gasteiger partial charge is 0.274 e. The van der Waals surface area contributed by atoms with Crippen molar-refractivity contribution in [2.75, 3.05) is 19.4 Å². The molecule has 0 radical (unpaired) electrons. The molecule has 0 spiro atoms. The zero-order valence-corrected chi connectivity index (χ0v) is 22.0. The summed E-state index contributed by atoms with van der Waals surface area (Å²) in [7, 11) is 3.29. The van der Waals surface area contributed by atoms with Crippen molar-refractivity contribution >= 4 is 28.5 Å². The minimum absolute atomic E-state index is 0.0245. The van der Waals surface area contributed by atoms with Gasteiger partial charge in [-0.05, 0) is 49.2 Å². The lowest BCUT2D eigenvalue weighted by Gasteiger charge is -2.13. The van der Waals surface area contributed by atoms with Crippen LogP contribution >= 0.6 is 0 Å². The van der Waals surface area contributed by atoms with Gasteiger partial charge in [0.05, 0.1) is 24.1 Å². The van der Waals surface area contributed by atoms with Crippen molar-refractivity contribution in [1.82, 2.24) is 19.0 Å². The Morgan fingerprint density at radius 2 is 1.77 bits per heavy atom. The summed E-state index contributed by atoms with van der Waals surface area (Å²) in [5.74, 6) is -2.10. The molecule has 1 N–H and O–H groups in total. The fourth-order valence-electron chi connectivity index (χ4n) is 4.11. The molecule has 0 unspecified atom stereocenters. The second-order valence-corrected chi connectivity index (χ2v) is 9.41. The molecule has 2 heterocycles. The molecule has 2 aromatic carbocycles. The molecule has 0 saturated heterocycles. The standard InChI is InChI=1S/C29H28F3N5O3/c1-35(2)28(39)9-5-3-4-8-27(38)34-23-7-6-14-36(29(23)40)18-26-33-24-16-21(31)12-13-25(24)37(26)17-19-10-11-20(30)15-22(19)32/h5-7,9-16H,3-4,8,17-18H2,1-2H3,(H,34,38)/b9-5+. The Hall–Kier alpha value is -4.67. The molecule has 0 aliphatic carbocycles. The molecular weight excluding hydrogens is 523 g/mol. The predicted octanol–water partition coefficient (Wildman–Crippen LogP) is 4.47. The molecule has 2 aromatic heterocycles. The van der Waals surface area contributed by atoms with E-state index in [4.69, 9.17) is 0 Å². The van der Waals surface area contributed by atoms with Crippen LogP contribution < -0.4 is 10.9 Å². The zero-order valence-electron chi connectivity index (χ0n) is 22.0. The maximum absolute atomic E-state index is 14.5. The van der Waals surface area contributed by atoms with E-state index in [9.17, 15) is 27.6 Å². The van der Waals surface area contributed by atoms with Crippen LogP contribution in [0, 0.1) is 17.5 Å². The minimum atomic E-state index is -0.739. The van der Waals surface area contributed by atoms with E-state index in [0.29, 0.717) is 29.7 Å². The highest BCUT2D eigenvalue weighted by atomic mass is 19.1. The second-order valence-electron chi connectivity index (χ2n) is 9.41. The average molecular weight is 552 g/mol. The first-order valence-electron chi connectivity index (χ1n) is 12.6. The van der Waals surface area contributed by atoms with Gasteiger partial charge in [-0.3, -0.25) is 14.4 Å². The molecule has 0 aliphatic rings. The average Bonchev–Trinajstić information content (AvgIpc) is 3.23. The summed E-state index contributed by atoms with van der Waals surface area (Å²) in [5, 5.41) is 2.62. The Morgan fingerprint density at radius 3 is 2.52 bits per heavy atom. The Morgan fingerprint density at radius 1 is 1.02 bits per heavy atom. The number of hydrogen-bond acceptors (Lipinski definition) is 4. The van der Waals surface area contributed by atoms with Crippen LogP contribution in [0.4, 0.5) is 18.9 Å². The van der Waals surface area contributed by atoms with Crippen molar-refractivity contribution in [3.8, 4) is 0 Å². The van der Waals surface area contributed by atoms with Crippen LogP contribution in [0.1, 0.15) is 30.7 Å². The highest BCUT2D eigenvalue weighted by Crippen LogP contribution is 2.21. The molecule has 11 heteroatoms. The molecule has 2 amide bonds. The van der Waals surface area contributed by atoms with Crippen molar-refractivity contribution in [3.05, 3.63) is 106 Å². The summed E-state index contributed by atoms with van der Waals surface area (Å²) in [6, 6.07) is 10.3. The number of amides is 2. The number of rotatable bonds is 10. The highest BCUT2D eigenvalue weighted by molar-refractivity contribution is 5.90. The van der Waals surface area contributed by atoms with Crippen LogP contribution in [0.5, 0.6) is 0 Å². The first-order chi connectivity index (χ1) is 19.1. The number of likely N-dealkylation sites (N-methyl/N-ethyl adjacent to an activating group) is 1. The van der Waals surface area contributed by atoms with Gasteiger partial charge in [0.2, 0.25) is 11.8 Å². The molecule has 40 heavy (non-hydrogen) atoms. The number of aromatic nitrogens is 3. The van der Waals surface area contributed by atoms with E-state index in [1.807, 2.05) is 0 Å². The fourth-order valence-corrected chi connectivity index (χ4v) is 4.11. The van der Waals surface area contributed by atoms with Gasteiger partial charge in [0, 0.05) is 44.4 Å². The third-order valence-corrected chi connectivity index (χ3v) is 6.21. The van der Waals surface area contributed by atoms with Crippen LogP contribution in [-0.2, 0) is 22.7 Å². The lowest BCUT2D eigenvalue weighted by molar-refractivity contribution is -0.123. The van der Waals surface area contributed by atoms with E-state index in [-0.39, 0.29) is 42.6 Å². The van der Waals surface area contributed by atoms with Crippen molar-refractivity contribution in [2.24, 2.45) is 0 Å². The Kier molecular flexibility index (Phi) is 8.83. The van der Waals surface area contributed by atoms with Crippen LogP contribution in [-0.4, -0.2) is 44.9 Å². The first-order valence-corrected chi connectivity index (χ1v) is 12.6. The monoisotopic (exact) mass is 551 g/mol. The van der Waals surface area contributed by atoms with Crippen molar-refractivity contribution in [1.29, 1.82) is 0 Å². The molecule has 4 aromatic rings. The quantitative estimate of drug-likeness (QED) is 0.233. The lowest BCUT2D eigenvalue weighted by Crippen LogP contribution is -2.26. The van der Waals surface area contributed by atoms with Gasteiger partial charge >= 0.3 is 0 Å². The van der Waals surface area contributed by atoms with Crippen LogP contribution in [0.3, 0.4) is 0 Å². The SMILES string of the molecule is CN(C)C(=O)/C=C/CCCC(=O)Nc1cccn(Cc2nc3cc(F)ccc3n2Cc2ccc(F)cc2F)c1=O. The van der Waals surface area contributed by atoms with Crippen LogP contribution in [0.15, 0.2) is 71.7 Å². The molecule has 0 atom stereocenters. The van der Waals surface area contributed by atoms with E-state index in [2.05, 4.69) is 10.3 Å². The molecule has 4 rings (SSSR count). The van der Waals surface area contributed by atoms with Crippen molar-refractivity contribution in [2.45, 2.75) is 32.4 Å². The van der Waals surface area contributed by atoms with E-state index in [1.165, 1.54) is 52.1 Å². The lowest BCUT2D eigenvalue weighted by atomic mass is 10.2. The summed E-state index contributed by atoms with van der Waals surface area (Å²) in [4.78, 5) is 43.1. The van der Waals surface area contributed by atoms with Gasteiger partial charge in [0.1, 0.15) is 29.0 Å².